The molecular weight excluding hydrogens is 320 g/mol. The van der Waals surface area contributed by atoms with Crippen molar-refractivity contribution in [1.82, 2.24) is 10.2 Å². The fraction of sp³-hybridized carbons (Fsp3) is 0.611. The molecule has 1 saturated carbocycles. The van der Waals surface area contributed by atoms with Crippen molar-refractivity contribution >= 4 is 17.3 Å². The molecule has 2 aliphatic rings. The molecule has 1 aliphatic carbocycles. The van der Waals surface area contributed by atoms with Crippen molar-refractivity contribution in [2.24, 2.45) is 0 Å². The quantitative estimate of drug-likeness (QED) is 0.585. The van der Waals surface area contributed by atoms with E-state index in [1.165, 1.54) is 6.07 Å². The van der Waals surface area contributed by atoms with Gasteiger partial charge in [0, 0.05) is 36.8 Å². The predicted octanol–water partition coefficient (Wildman–Crippen LogP) is 2.77. The number of nitrogens with zero attached hydrogens (tertiary/aromatic N) is 2. The first-order valence-corrected chi connectivity index (χ1v) is 9.15. The summed E-state index contributed by atoms with van der Waals surface area (Å²) in [6, 6.07) is 5.16. The third-order valence-corrected chi connectivity index (χ3v) is 4.86. The molecule has 2 fully saturated rings. The Balaban J connectivity index is 1.62. The van der Waals surface area contributed by atoms with Crippen LogP contribution in [0.5, 0.6) is 0 Å². The van der Waals surface area contributed by atoms with Crippen LogP contribution in [0.1, 0.15) is 49.4 Å². The predicted molar refractivity (Wildman–Crippen MR) is 97.0 cm³/mol. The molecule has 7 heteroatoms. The van der Waals surface area contributed by atoms with Crippen molar-refractivity contribution in [3.8, 4) is 0 Å². The SMILES string of the molecule is CCCN1CCC(NC(=O)c2ccc(NC3CC3)c([N+](=O)[O-])c2)CC1. The number of piperidine rings is 1. The Kier molecular flexibility index (Phi) is 5.53. The monoisotopic (exact) mass is 346 g/mol. The first kappa shape index (κ1) is 17.7. The Morgan fingerprint density at radius 2 is 1.96 bits per heavy atom. The number of nitrogens with one attached hydrogen (secondary N) is 2. The van der Waals surface area contributed by atoms with Gasteiger partial charge in [0.15, 0.2) is 0 Å². The molecule has 1 amide bonds. The van der Waals surface area contributed by atoms with E-state index in [1.807, 2.05) is 0 Å². The lowest BCUT2D eigenvalue weighted by Crippen LogP contribution is -2.44. The minimum atomic E-state index is -0.426. The van der Waals surface area contributed by atoms with Crippen LogP contribution in [0.25, 0.3) is 0 Å². The number of hydrogen-bond donors (Lipinski definition) is 2. The van der Waals surface area contributed by atoms with Crippen LogP contribution in [0.4, 0.5) is 11.4 Å². The summed E-state index contributed by atoms with van der Waals surface area (Å²) in [5.74, 6) is -0.227. The van der Waals surface area contributed by atoms with Gasteiger partial charge < -0.3 is 15.5 Å². The highest BCUT2D eigenvalue weighted by Crippen LogP contribution is 2.31. The zero-order valence-electron chi connectivity index (χ0n) is 14.7. The third kappa shape index (κ3) is 4.69. The Labute approximate surface area is 147 Å². The number of amides is 1. The van der Waals surface area contributed by atoms with Gasteiger partial charge in [-0.1, -0.05) is 6.92 Å². The van der Waals surface area contributed by atoms with Gasteiger partial charge in [-0.2, -0.15) is 0 Å². The molecule has 1 saturated heterocycles. The molecule has 1 heterocycles. The number of hydrogen-bond acceptors (Lipinski definition) is 5. The van der Waals surface area contributed by atoms with Crippen LogP contribution >= 0.6 is 0 Å². The molecule has 0 spiro atoms. The summed E-state index contributed by atoms with van der Waals surface area (Å²) in [4.78, 5) is 25.8. The van der Waals surface area contributed by atoms with Crippen molar-refractivity contribution < 1.29 is 9.72 Å². The van der Waals surface area contributed by atoms with Crippen LogP contribution in [0.3, 0.4) is 0 Å². The van der Waals surface area contributed by atoms with E-state index in [0.29, 0.717) is 17.3 Å². The van der Waals surface area contributed by atoms with E-state index in [2.05, 4.69) is 22.5 Å². The lowest BCUT2D eigenvalue weighted by atomic mass is 10.0. The molecule has 1 aromatic rings. The van der Waals surface area contributed by atoms with E-state index in [4.69, 9.17) is 0 Å². The highest BCUT2D eigenvalue weighted by molar-refractivity contribution is 5.96. The standard InChI is InChI=1S/C18H26N4O3/c1-2-9-21-10-7-15(8-11-21)20-18(23)13-3-6-16(19-14-4-5-14)17(12-13)22(24)25/h3,6,12,14-15,19H,2,4-5,7-11H2,1H3,(H,20,23). The summed E-state index contributed by atoms with van der Waals surface area (Å²) in [7, 11) is 0. The number of likely N-dealkylation sites (tertiary alicyclic amines) is 1. The van der Waals surface area contributed by atoms with E-state index in [-0.39, 0.29) is 17.6 Å². The van der Waals surface area contributed by atoms with Crippen molar-refractivity contribution in [2.75, 3.05) is 25.0 Å². The van der Waals surface area contributed by atoms with Crippen LogP contribution in [-0.2, 0) is 0 Å². The Bertz CT molecular complexity index is 637. The lowest BCUT2D eigenvalue weighted by Gasteiger charge is -2.32. The molecule has 0 bridgehead atoms. The maximum atomic E-state index is 12.5. The number of carbonyl (C=O) groups excluding carboxylic acids is 1. The summed E-state index contributed by atoms with van der Waals surface area (Å²) in [6.07, 6.45) is 5.07. The first-order chi connectivity index (χ1) is 12.1. The minimum Gasteiger partial charge on any atom is -0.377 e. The van der Waals surface area contributed by atoms with Crippen LogP contribution in [-0.4, -0.2) is 47.4 Å². The van der Waals surface area contributed by atoms with Crippen LogP contribution in [0.2, 0.25) is 0 Å². The second-order valence-corrected chi connectivity index (χ2v) is 7.00. The molecular formula is C18H26N4O3. The number of benzene rings is 1. The largest absolute Gasteiger partial charge is 0.377 e. The van der Waals surface area contributed by atoms with Gasteiger partial charge in [-0.25, -0.2) is 0 Å². The average molecular weight is 346 g/mol. The first-order valence-electron chi connectivity index (χ1n) is 9.15. The van der Waals surface area contributed by atoms with E-state index in [0.717, 1.165) is 51.7 Å². The van der Waals surface area contributed by atoms with Gasteiger partial charge >= 0.3 is 0 Å². The van der Waals surface area contributed by atoms with Crippen molar-refractivity contribution in [2.45, 2.75) is 51.1 Å². The van der Waals surface area contributed by atoms with Gasteiger partial charge in [-0.15, -0.1) is 0 Å². The van der Waals surface area contributed by atoms with Crippen molar-refractivity contribution in [1.29, 1.82) is 0 Å². The number of rotatable bonds is 7. The summed E-state index contributed by atoms with van der Waals surface area (Å²) < 4.78 is 0. The smallest absolute Gasteiger partial charge is 0.293 e. The Morgan fingerprint density at radius 3 is 2.56 bits per heavy atom. The fourth-order valence-electron chi connectivity index (χ4n) is 3.28. The van der Waals surface area contributed by atoms with Crippen LogP contribution in [0.15, 0.2) is 18.2 Å². The fourth-order valence-corrected chi connectivity index (χ4v) is 3.28. The highest BCUT2D eigenvalue weighted by Gasteiger charge is 2.26. The van der Waals surface area contributed by atoms with Crippen molar-refractivity contribution in [3.05, 3.63) is 33.9 Å². The Morgan fingerprint density at radius 1 is 1.24 bits per heavy atom. The van der Waals surface area contributed by atoms with E-state index in [9.17, 15) is 14.9 Å². The number of carbonyl (C=O) groups is 1. The molecule has 1 aromatic carbocycles. The maximum Gasteiger partial charge on any atom is 0.293 e. The third-order valence-electron chi connectivity index (χ3n) is 4.86. The molecule has 136 valence electrons. The lowest BCUT2D eigenvalue weighted by molar-refractivity contribution is -0.384. The second-order valence-electron chi connectivity index (χ2n) is 7.00. The summed E-state index contributed by atoms with van der Waals surface area (Å²) in [6.45, 7) is 5.25. The van der Waals surface area contributed by atoms with E-state index < -0.39 is 4.92 Å². The zero-order valence-corrected chi connectivity index (χ0v) is 14.7. The van der Waals surface area contributed by atoms with Gasteiger partial charge in [0.2, 0.25) is 0 Å². The molecule has 2 N–H and O–H groups in total. The van der Waals surface area contributed by atoms with Gasteiger partial charge in [0.25, 0.3) is 11.6 Å². The van der Waals surface area contributed by atoms with E-state index >= 15 is 0 Å². The summed E-state index contributed by atoms with van der Waals surface area (Å²) in [5.41, 5.74) is 0.818. The molecule has 0 radical (unpaired) electrons. The molecule has 0 atom stereocenters. The minimum absolute atomic E-state index is 0.0303. The molecule has 25 heavy (non-hydrogen) atoms. The zero-order chi connectivity index (χ0) is 17.8. The molecule has 1 aliphatic heterocycles. The number of nitro benzene ring substituents is 1. The Hall–Kier alpha value is -2.15. The highest BCUT2D eigenvalue weighted by atomic mass is 16.6. The van der Waals surface area contributed by atoms with Gasteiger partial charge in [-0.3, -0.25) is 14.9 Å². The van der Waals surface area contributed by atoms with Crippen LogP contribution < -0.4 is 10.6 Å². The molecule has 0 unspecified atom stereocenters. The number of anilines is 1. The summed E-state index contributed by atoms with van der Waals surface area (Å²) in [5, 5.41) is 17.5. The van der Waals surface area contributed by atoms with Gasteiger partial charge in [0.05, 0.1) is 4.92 Å². The molecule has 0 aromatic heterocycles. The molecule has 7 nitrogen and oxygen atoms in total. The normalized spacial score (nSPS) is 18.8. The van der Waals surface area contributed by atoms with Crippen molar-refractivity contribution in [3.63, 3.8) is 0 Å². The summed E-state index contributed by atoms with van der Waals surface area (Å²) >= 11 is 0. The van der Waals surface area contributed by atoms with Gasteiger partial charge in [0.1, 0.15) is 5.69 Å². The van der Waals surface area contributed by atoms with E-state index in [1.54, 1.807) is 12.1 Å². The molecule has 3 rings (SSSR count). The van der Waals surface area contributed by atoms with Gasteiger partial charge in [-0.05, 0) is 50.8 Å². The number of nitro groups is 1. The second kappa shape index (κ2) is 7.82. The maximum absolute atomic E-state index is 12.5. The average Bonchev–Trinajstić information content (AvgIpc) is 3.41. The topological polar surface area (TPSA) is 87.5 Å². The van der Waals surface area contributed by atoms with Crippen LogP contribution in [0, 0.1) is 10.1 Å².